The fourth-order valence-corrected chi connectivity index (χ4v) is 1.43. The molecule has 0 unspecified atom stereocenters. The van der Waals surface area contributed by atoms with Gasteiger partial charge < -0.3 is 10.6 Å². The molecular formula is C13H22N4O. The maximum absolute atomic E-state index is 12.2. The van der Waals surface area contributed by atoms with E-state index in [2.05, 4.69) is 20.6 Å². The lowest BCUT2D eigenvalue weighted by molar-refractivity contribution is 0.0915. The molecule has 1 amide bonds. The lowest BCUT2D eigenvalue weighted by Gasteiger charge is -2.21. The molecule has 0 saturated carbocycles. The highest BCUT2D eigenvalue weighted by molar-refractivity contribution is 5.97. The third-order valence-corrected chi connectivity index (χ3v) is 2.30. The lowest BCUT2D eigenvalue weighted by Crippen LogP contribution is -2.41. The van der Waals surface area contributed by atoms with E-state index in [1.54, 1.807) is 13.2 Å². The Morgan fingerprint density at radius 2 is 1.94 bits per heavy atom. The molecular weight excluding hydrogens is 228 g/mol. The van der Waals surface area contributed by atoms with Gasteiger partial charge in [0, 0.05) is 18.5 Å². The Morgan fingerprint density at radius 1 is 1.33 bits per heavy atom. The summed E-state index contributed by atoms with van der Waals surface area (Å²) in [4.78, 5) is 20.7. The Hall–Kier alpha value is -1.65. The van der Waals surface area contributed by atoms with Gasteiger partial charge in [-0.25, -0.2) is 9.97 Å². The van der Waals surface area contributed by atoms with Crippen molar-refractivity contribution in [3.05, 3.63) is 17.7 Å². The van der Waals surface area contributed by atoms with E-state index < -0.39 is 0 Å². The molecule has 5 heteroatoms. The molecule has 0 radical (unpaired) electrons. The highest BCUT2D eigenvalue weighted by Crippen LogP contribution is 2.16. The highest BCUT2D eigenvalue weighted by atomic mass is 16.2. The van der Waals surface area contributed by atoms with Crippen molar-refractivity contribution in [2.24, 2.45) is 0 Å². The Balaban J connectivity index is 3.12. The van der Waals surface area contributed by atoms with Crippen LogP contribution >= 0.6 is 0 Å². The summed E-state index contributed by atoms with van der Waals surface area (Å²) in [6.07, 6.45) is 1.65. The van der Waals surface area contributed by atoms with Crippen LogP contribution in [0, 0.1) is 0 Å². The van der Waals surface area contributed by atoms with E-state index in [4.69, 9.17) is 0 Å². The zero-order valence-corrected chi connectivity index (χ0v) is 12.0. The number of aromatic nitrogens is 2. The van der Waals surface area contributed by atoms with Crippen LogP contribution in [0.25, 0.3) is 0 Å². The van der Waals surface area contributed by atoms with Crippen LogP contribution in [-0.4, -0.2) is 28.5 Å². The van der Waals surface area contributed by atoms with Crippen molar-refractivity contribution in [3.8, 4) is 0 Å². The number of rotatable bonds is 3. The first kappa shape index (κ1) is 14.4. The number of amides is 1. The molecule has 5 nitrogen and oxygen atoms in total. The molecule has 0 fully saturated rings. The van der Waals surface area contributed by atoms with Gasteiger partial charge in [0.1, 0.15) is 5.82 Å². The number of nitrogens with one attached hydrogen (secondary N) is 2. The smallest absolute Gasteiger partial charge is 0.272 e. The summed E-state index contributed by atoms with van der Waals surface area (Å²) in [5, 5.41) is 5.85. The number of carbonyl (C=O) groups is 1. The summed E-state index contributed by atoms with van der Waals surface area (Å²) in [6, 6.07) is 0. The zero-order valence-electron chi connectivity index (χ0n) is 12.0. The van der Waals surface area contributed by atoms with Crippen LogP contribution in [0.15, 0.2) is 6.20 Å². The average Bonchev–Trinajstić information content (AvgIpc) is 2.25. The van der Waals surface area contributed by atoms with Crippen LogP contribution < -0.4 is 10.6 Å². The van der Waals surface area contributed by atoms with Gasteiger partial charge in [-0.2, -0.15) is 0 Å². The Labute approximate surface area is 108 Å². The Kier molecular flexibility index (Phi) is 4.27. The molecule has 0 aliphatic rings. The molecule has 0 saturated heterocycles. The molecule has 100 valence electrons. The third kappa shape index (κ3) is 3.68. The Bertz CT molecular complexity index is 435. The van der Waals surface area contributed by atoms with Crippen LogP contribution in [-0.2, 0) is 0 Å². The van der Waals surface area contributed by atoms with Crippen LogP contribution in [0.4, 0.5) is 5.69 Å². The second-order valence-corrected chi connectivity index (χ2v) is 5.60. The van der Waals surface area contributed by atoms with Gasteiger partial charge in [0.15, 0.2) is 5.69 Å². The molecule has 0 bridgehead atoms. The maximum atomic E-state index is 12.2. The van der Waals surface area contributed by atoms with Crippen molar-refractivity contribution in [1.82, 2.24) is 15.3 Å². The van der Waals surface area contributed by atoms with Crippen LogP contribution in [0.3, 0.4) is 0 Å². The first-order valence-corrected chi connectivity index (χ1v) is 6.12. The van der Waals surface area contributed by atoms with Crippen molar-refractivity contribution in [2.75, 3.05) is 12.4 Å². The van der Waals surface area contributed by atoms with Crippen LogP contribution in [0.5, 0.6) is 0 Å². The topological polar surface area (TPSA) is 66.9 Å². The van der Waals surface area contributed by atoms with E-state index >= 15 is 0 Å². The van der Waals surface area contributed by atoms with Crippen molar-refractivity contribution in [3.63, 3.8) is 0 Å². The molecule has 0 atom stereocenters. The zero-order chi connectivity index (χ0) is 13.9. The van der Waals surface area contributed by atoms with Gasteiger partial charge in [-0.05, 0) is 20.8 Å². The second-order valence-electron chi connectivity index (χ2n) is 5.60. The molecule has 1 heterocycles. The minimum Gasteiger partial charge on any atom is -0.385 e. The average molecular weight is 250 g/mol. The normalized spacial score (nSPS) is 11.5. The van der Waals surface area contributed by atoms with Gasteiger partial charge in [0.25, 0.3) is 5.91 Å². The number of hydrogen-bond acceptors (Lipinski definition) is 4. The first-order chi connectivity index (χ1) is 8.24. The van der Waals surface area contributed by atoms with Crippen molar-refractivity contribution >= 4 is 11.6 Å². The quantitative estimate of drug-likeness (QED) is 0.862. The van der Waals surface area contributed by atoms with Crippen molar-refractivity contribution in [2.45, 2.75) is 46.1 Å². The minimum atomic E-state index is -0.287. The summed E-state index contributed by atoms with van der Waals surface area (Å²) in [6.45, 7) is 9.82. The van der Waals surface area contributed by atoms with E-state index in [-0.39, 0.29) is 17.4 Å². The lowest BCUT2D eigenvalue weighted by atomic mass is 10.1. The van der Waals surface area contributed by atoms with Gasteiger partial charge in [-0.3, -0.25) is 4.79 Å². The number of anilines is 1. The molecule has 18 heavy (non-hydrogen) atoms. The van der Waals surface area contributed by atoms with Gasteiger partial charge in [-0.1, -0.05) is 13.8 Å². The monoisotopic (exact) mass is 250 g/mol. The molecule has 1 rings (SSSR count). The van der Waals surface area contributed by atoms with E-state index in [9.17, 15) is 4.79 Å². The number of carbonyl (C=O) groups excluding carboxylic acids is 1. The SMILES string of the molecule is CNc1cnc(C(C)C)nc1C(=O)NC(C)(C)C. The van der Waals surface area contributed by atoms with Gasteiger partial charge >= 0.3 is 0 Å². The van der Waals surface area contributed by atoms with E-state index in [1.165, 1.54) is 0 Å². The first-order valence-electron chi connectivity index (χ1n) is 6.12. The standard InChI is InChI=1S/C13H22N4O/c1-8(2)11-15-7-9(14-6)10(16-11)12(18)17-13(3,4)5/h7-8,14H,1-6H3,(H,17,18). The number of hydrogen-bond donors (Lipinski definition) is 2. The van der Waals surface area contributed by atoms with Crippen LogP contribution in [0.2, 0.25) is 0 Å². The fraction of sp³-hybridized carbons (Fsp3) is 0.615. The summed E-state index contributed by atoms with van der Waals surface area (Å²) in [5.74, 6) is 0.682. The maximum Gasteiger partial charge on any atom is 0.272 e. The summed E-state index contributed by atoms with van der Waals surface area (Å²) >= 11 is 0. The fourth-order valence-electron chi connectivity index (χ4n) is 1.43. The largest absolute Gasteiger partial charge is 0.385 e. The van der Waals surface area contributed by atoms with E-state index in [0.717, 1.165) is 0 Å². The van der Waals surface area contributed by atoms with Gasteiger partial charge in [-0.15, -0.1) is 0 Å². The van der Waals surface area contributed by atoms with Crippen molar-refractivity contribution < 1.29 is 4.79 Å². The second kappa shape index (κ2) is 5.33. The molecule has 1 aromatic rings. The molecule has 0 aromatic carbocycles. The van der Waals surface area contributed by atoms with Crippen molar-refractivity contribution in [1.29, 1.82) is 0 Å². The third-order valence-electron chi connectivity index (χ3n) is 2.30. The van der Waals surface area contributed by atoms with E-state index in [1.807, 2.05) is 34.6 Å². The van der Waals surface area contributed by atoms with Crippen LogP contribution in [0.1, 0.15) is 56.8 Å². The van der Waals surface area contributed by atoms with Gasteiger partial charge in [0.05, 0.1) is 11.9 Å². The molecule has 1 aromatic heterocycles. The summed E-state index contributed by atoms with van der Waals surface area (Å²) in [5.41, 5.74) is 0.748. The molecule has 0 spiro atoms. The molecule has 0 aliphatic heterocycles. The summed E-state index contributed by atoms with van der Waals surface area (Å²) < 4.78 is 0. The molecule has 2 N–H and O–H groups in total. The minimum absolute atomic E-state index is 0.184. The predicted molar refractivity (Wildman–Crippen MR) is 72.9 cm³/mol. The number of nitrogens with zero attached hydrogens (tertiary/aromatic N) is 2. The predicted octanol–water partition coefficient (Wildman–Crippen LogP) is 2.17. The Morgan fingerprint density at radius 3 is 2.39 bits per heavy atom. The highest BCUT2D eigenvalue weighted by Gasteiger charge is 2.20. The van der Waals surface area contributed by atoms with E-state index in [0.29, 0.717) is 17.2 Å². The molecule has 0 aliphatic carbocycles. The summed E-state index contributed by atoms with van der Waals surface area (Å²) in [7, 11) is 1.75. The van der Waals surface area contributed by atoms with Gasteiger partial charge in [0.2, 0.25) is 0 Å².